The maximum absolute atomic E-state index is 13.3. The van der Waals surface area contributed by atoms with Crippen LogP contribution in [0.4, 0.5) is 17.7 Å². The molecule has 0 aliphatic carbocycles. The van der Waals surface area contributed by atoms with Gasteiger partial charge >= 0.3 is 35.8 Å². The fourth-order valence-electron chi connectivity index (χ4n) is 8.43. The predicted octanol–water partition coefficient (Wildman–Crippen LogP) is -4.11. The maximum atomic E-state index is 13.3. The number of anilines is 3. The number of ether oxygens (including phenoxy) is 4. The van der Waals surface area contributed by atoms with Crippen molar-refractivity contribution in [2.45, 2.75) is 87.1 Å². The topological polar surface area (TPSA) is 545 Å². The molecule has 0 spiro atoms. The number of phosphoric acid groups is 3. The molecule has 9 heterocycles. The molecular weight excluding hydrogens is 1130 g/mol. The van der Waals surface area contributed by atoms with Gasteiger partial charge in [-0.25, -0.2) is 38.2 Å². The van der Waals surface area contributed by atoms with Crippen molar-refractivity contribution in [2.24, 2.45) is 0 Å². The van der Waals surface area contributed by atoms with E-state index in [2.05, 4.69) is 48.5 Å². The molecule has 416 valence electrons. The molecule has 3 fully saturated rings. The summed E-state index contributed by atoms with van der Waals surface area (Å²) >= 11 is 5.28. The highest BCUT2D eigenvalue weighted by molar-refractivity contribution is 8.07. The fourth-order valence-corrected chi connectivity index (χ4v) is 13.4. The van der Waals surface area contributed by atoms with Gasteiger partial charge in [-0.05, 0) is 18.7 Å². The summed E-state index contributed by atoms with van der Waals surface area (Å²) in [5.74, 6) is -0.640. The largest absolute Gasteiger partial charge is 0.490 e. The Morgan fingerprint density at radius 3 is 1.96 bits per heavy atom. The van der Waals surface area contributed by atoms with Gasteiger partial charge in [0.15, 0.2) is 41.4 Å². The minimum absolute atomic E-state index is 0.0189. The number of imidazole rings is 3. The highest BCUT2D eigenvalue weighted by Crippen LogP contribution is 2.68. The Balaban J connectivity index is 0.862. The SMILES string of the molecule is CCn1c[n+]([C@@H]2O[C@H](COP(=O)(O)OP(=O)(O)OP(=O)(O)OC[C@H]3O[C@@H](n4cnc5c(N)ncnc54)[C@H](OC)[C@@H]3OP(O)(=S)OC[C@H]3O[C@@H](n4cnc5c(=O)[nH]c(N)nc54)[C@H](O)[C@@H]3O)[C@@H](O)[C@H]2O)c2nc(N)[nH]c(=O)c21. The first-order chi connectivity index (χ1) is 35.7. The number of fused-ring (bicyclic) bond motifs is 3. The van der Waals surface area contributed by atoms with Crippen LogP contribution in [-0.4, -0.2) is 175 Å². The first kappa shape index (κ1) is 56.0. The summed E-state index contributed by atoms with van der Waals surface area (Å²) in [5.41, 5.74) is 15.8. The summed E-state index contributed by atoms with van der Waals surface area (Å²) in [5, 5.41) is 43.5. The number of nitrogen functional groups attached to an aromatic ring is 3. The van der Waals surface area contributed by atoms with Crippen LogP contribution in [0.15, 0.2) is 34.9 Å². The van der Waals surface area contributed by atoms with Crippen molar-refractivity contribution < 1.29 is 104 Å². The van der Waals surface area contributed by atoms with E-state index in [1.807, 2.05) is 0 Å². The zero-order chi connectivity index (χ0) is 55.0. The summed E-state index contributed by atoms with van der Waals surface area (Å²) in [6, 6.07) is 0. The average molecular weight is 1180 g/mol. The third-order valence-corrected chi connectivity index (χ3v) is 17.6. The van der Waals surface area contributed by atoms with E-state index in [1.165, 1.54) is 21.8 Å². The first-order valence-electron chi connectivity index (χ1n) is 21.7. The van der Waals surface area contributed by atoms with E-state index in [9.17, 15) is 63.3 Å². The summed E-state index contributed by atoms with van der Waals surface area (Å²) in [7, 11) is -16.8. The van der Waals surface area contributed by atoms with Crippen molar-refractivity contribution in [1.82, 2.24) is 53.6 Å². The van der Waals surface area contributed by atoms with Gasteiger partial charge in [0.2, 0.25) is 17.7 Å². The Labute approximate surface area is 426 Å². The molecule has 76 heavy (non-hydrogen) atoms. The van der Waals surface area contributed by atoms with Gasteiger partial charge in [-0.1, -0.05) is 4.98 Å². The van der Waals surface area contributed by atoms with Crippen LogP contribution in [0.2, 0.25) is 0 Å². The standard InChI is InChI=1S/C33H45N15O23P4S/c1-3-45-10-48(26-16(45)28(54)44-33(36)42-26)30-20(52)17(49)11(67-30)4-63-72(55,56)70-74(59,60)71-73(57,58)64-6-13-21(22(62-2)31(68-13)46-8-39-14-23(34)37-7-38-24(14)46)69-75(61,76)65-5-12-18(50)19(51)29(66-12)47-9-40-15-25(47)41-32(35)43-27(15)53/h7-13,17-22,29-31,49-52H,3-6H2,1-2H3,(H11-,34,35,36,37,38,41,42,43,44,53,54,55,56,57,58,59,60,61,76)/p+1/t11-,12-,13-,17-,18-,19-,20-,21-,22-,29-,30-,31-,75?/m1/s1. The van der Waals surface area contributed by atoms with Crippen LogP contribution in [0.5, 0.6) is 0 Å². The van der Waals surface area contributed by atoms with E-state index in [1.54, 1.807) is 6.92 Å². The quantitative estimate of drug-likeness (QED) is 0.0255. The maximum Gasteiger partial charge on any atom is 0.490 e. The van der Waals surface area contributed by atoms with Crippen LogP contribution >= 0.6 is 30.2 Å². The highest BCUT2D eigenvalue weighted by atomic mass is 32.5. The van der Waals surface area contributed by atoms with Crippen molar-refractivity contribution >= 4 is 93.2 Å². The number of aliphatic hydroxyl groups is 4. The van der Waals surface area contributed by atoms with Crippen LogP contribution in [0.3, 0.4) is 0 Å². The lowest BCUT2D eigenvalue weighted by Gasteiger charge is -2.28. The number of H-pyrrole nitrogens is 2. The zero-order valence-corrected chi connectivity index (χ0v) is 43.1. The average Bonchev–Trinajstić information content (AvgIpc) is 4.19. The van der Waals surface area contributed by atoms with Gasteiger partial charge in [0, 0.05) is 7.11 Å². The van der Waals surface area contributed by atoms with E-state index < -0.39 is 135 Å². The Kier molecular flexibility index (Phi) is 15.6. The smallest absolute Gasteiger partial charge is 0.387 e. The van der Waals surface area contributed by atoms with E-state index in [0.29, 0.717) is 0 Å². The molecule has 0 radical (unpaired) electrons. The molecule has 0 aromatic carbocycles. The van der Waals surface area contributed by atoms with Gasteiger partial charge in [-0.2, -0.15) is 13.6 Å². The van der Waals surface area contributed by atoms with E-state index >= 15 is 0 Å². The molecule has 43 heteroatoms. The number of phosphoric ester groups is 2. The lowest BCUT2D eigenvalue weighted by Crippen LogP contribution is -2.46. The first-order valence-corrected chi connectivity index (χ1v) is 28.8. The van der Waals surface area contributed by atoms with E-state index in [4.69, 9.17) is 66.1 Å². The van der Waals surface area contributed by atoms with E-state index in [-0.39, 0.29) is 57.8 Å². The van der Waals surface area contributed by atoms with Gasteiger partial charge in [-0.3, -0.25) is 46.8 Å². The van der Waals surface area contributed by atoms with Crippen LogP contribution in [0, 0.1) is 0 Å². The lowest BCUT2D eigenvalue weighted by atomic mass is 10.1. The van der Waals surface area contributed by atoms with Crippen molar-refractivity contribution in [1.29, 1.82) is 0 Å². The van der Waals surface area contributed by atoms with Crippen LogP contribution in [0.25, 0.3) is 33.5 Å². The van der Waals surface area contributed by atoms with Gasteiger partial charge in [0.1, 0.15) is 66.8 Å². The van der Waals surface area contributed by atoms with Gasteiger partial charge in [0.25, 0.3) is 17.1 Å². The van der Waals surface area contributed by atoms with Crippen molar-refractivity contribution in [3.63, 3.8) is 0 Å². The van der Waals surface area contributed by atoms with Gasteiger partial charge < -0.3 is 80.7 Å². The summed E-state index contributed by atoms with van der Waals surface area (Å²) in [4.78, 5) is 96.6. The monoisotopic (exact) mass is 1180 g/mol. The number of nitrogens with one attached hydrogen (secondary N) is 2. The molecular formula is C33H46N15O23P4S+. The molecule has 0 bridgehead atoms. The molecule has 6 aromatic rings. The number of aryl methyl sites for hydroxylation is 1. The number of hydrogen-bond acceptors (Lipinski definition) is 29. The lowest BCUT2D eigenvalue weighted by molar-refractivity contribution is -0.746. The molecule has 16 N–H and O–H groups in total. The van der Waals surface area contributed by atoms with Gasteiger partial charge in [0.05, 0.1) is 39.0 Å². The Morgan fingerprint density at radius 2 is 1.29 bits per heavy atom. The van der Waals surface area contributed by atoms with Crippen LogP contribution < -0.4 is 32.9 Å². The normalized spacial score (nSPS) is 30.2. The third kappa shape index (κ3) is 11.1. The minimum Gasteiger partial charge on any atom is -0.387 e. The number of hydrogen-bond donors (Lipinski definition) is 13. The number of methoxy groups -OCH3 is 1. The van der Waals surface area contributed by atoms with Crippen molar-refractivity contribution in [3.8, 4) is 0 Å². The molecule has 9 rings (SSSR count). The van der Waals surface area contributed by atoms with Crippen LogP contribution in [0.1, 0.15) is 25.6 Å². The summed E-state index contributed by atoms with van der Waals surface area (Å²) in [6.07, 6.45) is -14.6. The van der Waals surface area contributed by atoms with E-state index in [0.717, 1.165) is 28.9 Å². The van der Waals surface area contributed by atoms with Gasteiger partial charge in [-0.15, -0.1) is 0 Å². The summed E-state index contributed by atoms with van der Waals surface area (Å²) < 4.78 is 96.8. The number of aromatic nitrogens is 12. The molecule has 0 amide bonds. The number of rotatable bonds is 20. The van der Waals surface area contributed by atoms with Crippen molar-refractivity contribution in [3.05, 3.63) is 46.0 Å². The molecule has 6 aromatic heterocycles. The molecule has 38 nitrogen and oxygen atoms in total. The molecule has 3 saturated heterocycles. The molecule has 0 saturated carbocycles. The second-order valence-corrected chi connectivity index (χ2v) is 24.1. The number of nitrogens with zero attached hydrogens (tertiary/aromatic N) is 10. The molecule has 3 aliphatic rings. The van der Waals surface area contributed by atoms with Crippen molar-refractivity contribution in [2.75, 3.05) is 44.1 Å². The second-order valence-electron chi connectivity index (χ2n) is 16.6. The highest BCUT2D eigenvalue weighted by Gasteiger charge is 2.53. The Hall–Kier alpha value is -4.73. The molecule has 16 atom stereocenters. The third-order valence-electron chi connectivity index (χ3n) is 11.8. The molecule has 3 aliphatic heterocycles. The number of nitrogens with two attached hydrogens (primary N) is 3. The van der Waals surface area contributed by atoms with Crippen LogP contribution in [-0.2, 0) is 77.7 Å². The summed E-state index contributed by atoms with van der Waals surface area (Å²) in [6.45, 7) is -5.78. The Morgan fingerprint density at radius 1 is 0.711 bits per heavy atom. The number of aromatic amines is 2. The Bertz CT molecular complexity index is 3490. The minimum atomic E-state index is -6.17. The second kappa shape index (κ2) is 21.1. The zero-order valence-electron chi connectivity index (χ0n) is 38.7. The predicted molar refractivity (Wildman–Crippen MR) is 250 cm³/mol. The number of aliphatic hydroxyl groups excluding tert-OH is 4. The molecule has 4 unspecified atom stereocenters. The fraction of sp³-hybridized carbons (Fsp3) is 0.545.